The van der Waals surface area contributed by atoms with Crippen molar-refractivity contribution in [2.75, 3.05) is 24.5 Å². The maximum absolute atomic E-state index is 14.9. The average molecular weight is 639 g/mol. The van der Waals surface area contributed by atoms with Gasteiger partial charge < -0.3 is 9.64 Å². The number of sulfonamides is 1. The monoisotopic (exact) mass is 638 g/mol. The van der Waals surface area contributed by atoms with E-state index in [1.807, 2.05) is 0 Å². The van der Waals surface area contributed by atoms with Crippen molar-refractivity contribution in [3.05, 3.63) is 124 Å². The van der Waals surface area contributed by atoms with Crippen LogP contribution in [0.25, 0.3) is 0 Å². The molecule has 0 aromatic heterocycles. The van der Waals surface area contributed by atoms with Crippen LogP contribution in [0, 0.1) is 29.1 Å². The summed E-state index contributed by atoms with van der Waals surface area (Å²) in [7, 11) is -3.07. The normalized spacial score (nSPS) is 11.3. The fraction of sp³-hybridized carbons (Fsp3) is 0.167. The minimum Gasteiger partial charge on any atom is -0.493 e. The van der Waals surface area contributed by atoms with Crippen LogP contribution in [0.5, 0.6) is 5.75 Å². The van der Waals surface area contributed by atoms with E-state index in [4.69, 9.17) is 16.3 Å². The standard InChI is InChI=1S/C30H24ClF5N2O4S/c1-37(30(39)23-16-26(35)27(36)17-25(23)34)13-4-14-42-29-6-3-2-5-19(29)18-38(28-15-21(32)9-12-24(28)33)43(40,41)22-10-7-20(31)8-11-22/h2-3,5-12,15-17H,4,13-14,18H2,1H3. The summed E-state index contributed by atoms with van der Waals surface area (Å²) >= 11 is 5.90. The number of rotatable bonds is 11. The van der Waals surface area contributed by atoms with E-state index in [0.29, 0.717) is 17.7 Å². The number of hydrogen-bond donors (Lipinski definition) is 0. The summed E-state index contributed by atoms with van der Waals surface area (Å²) in [5.41, 5.74) is -0.828. The summed E-state index contributed by atoms with van der Waals surface area (Å²) in [5.74, 6) is -6.42. The molecule has 0 atom stereocenters. The first kappa shape index (κ1) is 31.8. The van der Waals surface area contributed by atoms with Gasteiger partial charge in [0.1, 0.15) is 23.2 Å². The van der Waals surface area contributed by atoms with Crippen LogP contribution in [0.1, 0.15) is 22.3 Å². The van der Waals surface area contributed by atoms with Gasteiger partial charge in [0.25, 0.3) is 15.9 Å². The lowest BCUT2D eigenvalue weighted by molar-refractivity contribution is 0.0782. The second kappa shape index (κ2) is 13.4. The third-order valence-electron chi connectivity index (χ3n) is 6.35. The van der Waals surface area contributed by atoms with E-state index < -0.39 is 62.8 Å². The van der Waals surface area contributed by atoms with Crippen molar-refractivity contribution in [2.24, 2.45) is 0 Å². The van der Waals surface area contributed by atoms with Crippen molar-refractivity contribution in [2.45, 2.75) is 17.9 Å². The molecular weight excluding hydrogens is 615 g/mol. The minimum atomic E-state index is -4.42. The van der Waals surface area contributed by atoms with Gasteiger partial charge in [-0.15, -0.1) is 0 Å². The predicted octanol–water partition coefficient (Wildman–Crippen LogP) is 6.97. The number of halogens is 6. The number of amides is 1. The molecule has 0 saturated carbocycles. The highest BCUT2D eigenvalue weighted by Crippen LogP contribution is 2.32. The topological polar surface area (TPSA) is 66.9 Å². The van der Waals surface area contributed by atoms with E-state index >= 15 is 0 Å². The second-order valence-corrected chi connectivity index (χ2v) is 11.6. The van der Waals surface area contributed by atoms with E-state index in [-0.39, 0.29) is 35.2 Å². The van der Waals surface area contributed by atoms with Gasteiger partial charge in [-0.3, -0.25) is 9.10 Å². The lowest BCUT2D eigenvalue weighted by atomic mass is 10.1. The number of carbonyl (C=O) groups is 1. The van der Waals surface area contributed by atoms with Crippen LogP contribution in [-0.2, 0) is 16.6 Å². The van der Waals surface area contributed by atoms with Crippen molar-refractivity contribution in [1.29, 1.82) is 0 Å². The molecule has 0 radical (unpaired) electrons. The van der Waals surface area contributed by atoms with Gasteiger partial charge in [-0.25, -0.2) is 30.4 Å². The van der Waals surface area contributed by atoms with Gasteiger partial charge >= 0.3 is 0 Å². The van der Waals surface area contributed by atoms with Gasteiger partial charge in [-0.05, 0) is 55.0 Å². The van der Waals surface area contributed by atoms with Gasteiger partial charge in [-0.2, -0.15) is 0 Å². The fourth-order valence-corrected chi connectivity index (χ4v) is 5.69. The maximum Gasteiger partial charge on any atom is 0.264 e. The Bertz CT molecular complexity index is 1740. The Morgan fingerprint density at radius 3 is 2.23 bits per heavy atom. The Morgan fingerprint density at radius 2 is 1.51 bits per heavy atom. The summed E-state index contributed by atoms with van der Waals surface area (Å²) < 4.78 is 104. The van der Waals surface area contributed by atoms with Crippen LogP contribution in [0.3, 0.4) is 0 Å². The summed E-state index contributed by atoms with van der Waals surface area (Å²) in [6.07, 6.45) is 0.215. The molecule has 0 saturated heterocycles. The molecule has 0 aliphatic carbocycles. The Balaban J connectivity index is 1.52. The second-order valence-electron chi connectivity index (χ2n) is 9.34. The van der Waals surface area contributed by atoms with Gasteiger partial charge in [0.05, 0.1) is 29.3 Å². The molecule has 1 amide bonds. The number of para-hydroxylation sites is 1. The number of anilines is 1. The molecule has 0 bridgehead atoms. The zero-order chi connectivity index (χ0) is 31.3. The van der Waals surface area contributed by atoms with E-state index in [1.165, 1.54) is 31.3 Å². The molecule has 6 nitrogen and oxygen atoms in total. The Hall–Kier alpha value is -4.16. The zero-order valence-corrected chi connectivity index (χ0v) is 24.1. The molecule has 0 N–H and O–H groups in total. The molecule has 0 fully saturated rings. The lowest BCUT2D eigenvalue weighted by Crippen LogP contribution is -2.32. The fourth-order valence-electron chi connectivity index (χ4n) is 4.12. The van der Waals surface area contributed by atoms with Crippen LogP contribution >= 0.6 is 11.6 Å². The van der Waals surface area contributed by atoms with E-state index in [1.54, 1.807) is 24.3 Å². The first-order valence-corrected chi connectivity index (χ1v) is 14.5. The van der Waals surface area contributed by atoms with Crippen LogP contribution in [0.2, 0.25) is 5.02 Å². The van der Waals surface area contributed by atoms with E-state index in [9.17, 15) is 35.2 Å². The SMILES string of the molecule is CN(CCCOc1ccccc1CN(c1cc(F)ccc1F)S(=O)(=O)c1ccc(Cl)cc1)C(=O)c1cc(F)c(F)cc1F. The summed E-state index contributed by atoms with van der Waals surface area (Å²) in [6, 6.07) is 14.8. The van der Waals surface area contributed by atoms with Crippen LogP contribution in [0.4, 0.5) is 27.6 Å². The molecule has 0 aliphatic heterocycles. The summed E-state index contributed by atoms with van der Waals surface area (Å²) in [4.78, 5) is 13.4. The summed E-state index contributed by atoms with van der Waals surface area (Å²) in [5, 5.41) is 0.281. The number of nitrogens with zero attached hydrogens (tertiary/aromatic N) is 2. The van der Waals surface area contributed by atoms with Crippen LogP contribution in [0.15, 0.2) is 83.8 Å². The average Bonchev–Trinajstić information content (AvgIpc) is 2.97. The molecule has 4 rings (SSSR count). The number of ether oxygens (including phenoxy) is 1. The van der Waals surface area contributed by atoms with Crippen LogP contribution < -0.4 is 9.04 Å². The first-order chi connectivity index (χ1) is 20.4. The quantitative estimate of drug-likeness (QED) is 0.101. The highest BCUT2D eigenvalue weighted by molar-refractivity contribution is 7.92. The molecule has 0 spiro atoms. The van der Waals surface area contributed by atoms with Gasteiger partial charge in [-0.1, -0.05) is 29.8 Å². The molecular formula is C30H24ClF5N2O4S. The Labute approximate surface area is 249 Å². The number of hydrogen-bond acceptors (Lipinski definition) is 4. The molecule has 0 unspecified atom stereocenters. The van der Waals surface area contributed by atoms with Crippen molar-refractivity contribution >= 4 is 33.2 Å². The highest BCUT2D eigenvalue weighted by atomic mass is 35.5. The van der Waals surface area contributed by atoms with Crippen molar-refractivity contribution < 1.29 is 39.9 Å². The smallest absolute Gasteiger partial charge is 0.264 e. The van der Waals surface area contributed by atoms with E-state index in [2.05, 4.69) is 0 Å². The molecule has 0 heterocycles. The van der Waals surface area contributed by atoms with Crippen molar-refractivity contribution in [3.8, 4) is 5.75 Å². The molecule has 4 aromatic carbocycles. The highest BCUT2D eigenvalue weighted by Gasteiger charge is 2.29. The lowest BCUT2D eigenvalue weighted by Gasteiger charge is -2.26. The molecule has 226 valence electrons. The molecule has 0 aliphatic rings. The van der Waals surface area contributed by atoms with Crippen LogP contribution in [-0.4, -0.2) is 39.4 Å². The Morgan fingerprint density at radius 1 is 0.837 bits per heavy atom. The molecule has 4 aromatic rings. The Kier molecular flexibility index (Phi) is 9.92. The number of carbonyl (C=O) groups excluding carboxylic acids is 1. The molecule has 43 heavy (non-hydrogen) atoms. The summed E-state index contributed by atoms with van der Waals surface area (Å²) in [6.45, 7) is -0.381. The van der Waals surface area contributed by atoms with Gasteiger partial charge in [0.15, 0.2) is 11.6 Å². The third-order valence-corrected chi connectivity index (χ3v) is 8.37. The maximum atomic E-state index is 14.9. The first-order valence-electron chi connectivity index (χ1n) is 12.7. The zero-order valence-electron chi connectivity index (χ0n) is 22.5. The third kappa shape index (κ3) is 7.44. The van der Waals surface area contributed by atoms with Crippen molar-refractivity contribution in [3.63, 3.8) is 0 Å². The predicted molar refractivity (Wildman–Crippen MR) is 151 cm³/mol. The number of benzene rings is 4. The van der Waals surface area contributed by atoms with Gasteiger partial charge in [0, 0.05) is 36.3 Å². The minimum absolute atomic E-state index is 0.00710. The van der Waals surface area contributed by atoms with Gasteiger partial charge in [0.2, 0.25) is 0 Å². The molecule has 13 heteroatoms. The van der Waals surface area contributed by atoms with E-state index in [0.717, 1.165) is 27.4 Å². The van der Waals surface area contributed by atoms with Crippen molar-refractivity contribution in [1.82, 2.24) is 4.90 Å². The largest absolute Gasteiger partial charge is 0.493 e.